The van der Waals surface area contributed by atoms with Crippen molar-refractivity contribution in [1.29, 1.82) is 0 Å². The predicted molar refractivity (Wildman–Crippen MR) is 116 cm³/mol. The molecule has 3 atom stereocenters. The first kappa shape index (κ1) is 21.8. The molecule has 3 aliphatic heterocycles. The Morgan fingerprint density at radius 2 is 1.97 bits per heavy atom. The second-order valence-corrected chi connectivity index (χ2v) is 8.48. The number of ether oxygens (including phenoxy) is 1. The number of amides is 2. The summed E-state index contributed by atoms with van der Waals surface area (Å²) in [4.78, 5) is 31.2. The molecule has 4 rings (SSSR count). The fraction of sp³-hybridized carbons (Fsp3) is 0.583. The van der Waals surface area contributed by atoms with Crippen LogP contribution in [0.2, 0.25) is 0 Å². The topological polar surface area (TPSA) is 73.3 Å². The van der Waals surface area contributed by atoms with Gasteiger partial charge < -0.3 is 19.6 Å². The van der Waals surface area contributed by atoms with E-state index in [2.05, 4.69) is 23.7 Å². The second kappa shape index (κ2) is 9.82. The Balaban J connectivity index is 1.45. The van der Waals surface area contributed by atoms with Crippen LogP contribution in [0.5, 0.6) is 0 Å². The number of rotatable bonds is 5. The highest BCUT2D eigenvalue weighted by molar-refractivity contribution is 5.88. The smallest absolute Gasteiger partial charge is 0.242 e. The molecule has 7 nitrogen and oxygen atoms in total. The third-order valence-electron chi connectivity index (χ3n) is 6.47. The number of carbonyl (C=O) groups is 2. The van der Waals surface area contributed by atoms with Crippen molar-refractivity contribution in [3.8, 4) is 11.8 Å². The highest BCUT2D eigenvalue weighted by Crippen LogP contribution is 2.42. The molecule has 0 radical (unpaired) electrons. The molecule has 3 saturated heterocycles. The van der Waals surface area contributed by atoms with Crippen LogP contribution in [-0.4, -0.2) is 96.2 Å². The first-order valence-electron chi connectivity index (χ1n) is 11.2. The molecule has 1 aromatic rings. The summed E-state index contributed by atoms with van der Waals surface area (Å²) >= 11 is 0. The van der Waals surface area contributed by atoms with E-state index in [1.165, 1.54) is 0 Å². The number of hydrogen-bond acceptors (Lipinski definition) is 5. The lowest BCUT2D eigenvalue weighted by atomic mass is 9.73. The van der Waals surface area contributed by atoms with E-state index in [1.807, 2.05) is 24.3 Å². The fourth-order valence-corrected chi connectivity index (χ4v) is 4.82. The lowest BCUT2D eigenvalue weighted by molar-refractivity contribution is -0.167. The number of carbonyl (C=O) groups excluding carboxylic acids is 2. The number of unbranched alkanes of at least 4 members (excludes halogenated alkanes) is 1. The van der Waals surface area contributed by atoms with Gasteiger partial charge in [0.15, 0.2) is 0 Å². The molecule has 0 unspecified atom stereocenters. The molecule has 0 spiro atoms. The summed E-state index contributed by atoms with van der Waals surface area (Å²) in [6.45, 7) is 5.72. The summed E-state index contributed by atoms with van der Waals surface area (Å²) in [6.07, 6.45) is 1.92. The summed E-state index contributed by atoms with van der Waals surface area (Å²) in [5, 5.41) is 9.95. The van der Waals surface area contributed by atoms with E-state index < -0.39 is 0 Å². The van der Waals surface area contributed by atoms with Crippen molar-refractivity contribution < 1.29 is 19.4 Å². The van der Waals surface area contributed by atoms with Gasteiger partial charge in [-0.15, -0.1) is 0 Å². The zero-order chi connectivity index (χ0) is 21.8. The summed E-state index contributed by atoms with van der Waals surface area (Å²) in [6, 6.07) is 7.76. The molecule has 0 saturated carbocycles. The van der Waals surface area contributed by atoms with Gasteiger partial charge in [-0.3, -0.25) is 14.5 Å². The van der Waals surface area contributed by atoms with Crippen molar-refractivity contribution in [3.05, 3.63) is 35.4 Å². The Morgan fingerprint density at radius 3 is 2.65 bits per heavy atom. The number of aliphatic hydroxyl groups excluding tert-OH is 1. The molecule has 0 bridgehead atoms. The van der Waals surface area contributed by atoms with Gasteiger partial charge in [-0.25, -0.2) is 0 Å². The van der Waals surface area contributed by atoms with Crippen molar-refractivity contribution in [2.75, 3.05) is 52.5 Å². The standard InChI is InChI=1S/C24H31N3O4/c1-2-3-4-5-18-6-8-19(9-7-18)24-20-14-26(16-23(30)27(20)21(24)17-28)22(29)15-25-10-12-31-13-11-25/h6-9,20-21,24,28H,2-3,10-17H2,1H3/t20-,21+,24+/m0/s1. The quantitative estimate of drug-likeness (QED) is 0.702. The lowest BCUT2D eigenvalue weighted by Crippen LogP contribution is -2.73. The SMILES string of the molecule is CCCC#Cc1ccc([C@H]2[C@@H](CO)N3C(=O)CN(C(=O)CN4CCOCC4)C[C@@H]23)cc1. The molecule has 31 heavy (non-hydrogen) atoms. The highest BCUT2D eigenvalue weighted by Gasteiger charge is 2.54. The van der Waals surface area contributed by atoms with Crippen LogP contribution in [0.1, 0.15) is 36.8 Å². The Bertz CT molecular complexity index is 854. The zero-order valence-electron chi connectivity index (χ0n) is 18.1. The van der Waals surface area contributed by atoms with Crippen molar-refractivity contribution in [3.63, 3.8) is 0 Å². The van der Waals surface area contributed by atoms with Crippen LogP contribution < -0.4 is 0 Å². The van der Waals surface area contributed by atoms with Crippen LogP contribution >= 0.6 is 0 Å². The first-order valence-corrected chi connectivity index (χ1v) is 11.2. The average Bonchev–Trinajstić information content (AvgIpc) is 2.77. The van der Waals surface area contributed by atoms with Crippen molar-refractivity contribution in [2.24, 2.45) is 0 Å². The molecule has 3 heterocycles. The number of fused-ring (bicyclic) bond motifs is 1. The van der Waals surface area contributed by atoms with E-state index in [-0.39, 0.29) is 43.0 Å². The normalized spacial score (nSPS) is 26.0. The van der Waals surface area contributed by atoms with Crippen LogP contribution in [0.3, 0.4) is 0 Å². The van der Waals surface area contributed by atoms with Crippen LogP contribution in [0.4, 0.5) is 0 Å². The maximum Gasteiger partial charge on any atom is 0.242 e. The van der Waals surface area contributed by atoms with E-state index >= 15 is 0 Å². The van der Waals surface area contributed by atoms with E-state index in [9.17, 15) is 14.7 Å². The number of piperazine rings is 1. The van der Waals surface area contributed by atoms with Gasteiger partial charge in [0.05, 0.1) is 45.0 Å². The monoisotopic (exact) mass is 425 g/mol. The largest absolute Gasteiger partial charge is 0.394 e. The van der Waals surface area contributed by atoms with E-state index in [0.29, 0.717) is 26.3 Å². The summed E-state index contributed by atoms with van der Waals surface area (Å²) in [5.41, 5.74) is 2.05. The maximum absolute atomic E-state index is 12.9. The van der Waals surface area contributed by atoms with E-state index in [0.717, 1.165) is 37.1 Å². The molecule has 3 aliphatic rings. The van der Waals surface area contributed by atoms with Crippen LogP contribution in [0.15, 0.2) is 24.3 Å². The van der Waals surface area contributed by atoms with Gasteiger partial charge in [-0.1, -0.05) is 30.9 Å². The third kappa shape index (κ3) is 4.62. The molecular weight excluding hydrogens is 394 g/mol. The molecule has 0 aromatic heterocycles. The number of benzene rings is 1. The van der Waals surface area contributed by atoms with Crippen molar-refractivity contribution in [1.82, 2.24) is 14.7 Å². The Morgan fingerprint density at radius 1 is 1.23 bits per heavy atom. The zero-order valence-corrected chi connectivity index (χ0v) is 18.1. The molecule has 2 amide bonds. The number of aliphatic hydroxyl groups is 1. The Labute approximate surface area is 183 Å². The number of nitrogens with zero attached hydrogens (tertiary/aromatic N) is 3. The number of hydrogen-bond donors (Lipinski definition) is 1. The summed E-state index contributed by atoms with van der Waals surface area (Å²) in [5.74, 6) is 6.25. The van der Waals surface area contributed by atoms with Gasteiger partial charge >= 0.3 is 0 Å². The molecule has 1 N–H and O–H groups in total. The Hall–Kier alpha value is -2.40. The van der Waals surface area contributed by atoms with Gasteiger partial charge in [0.1, 0.15) is 0 Å². The minimum Gasteiger partial charge on any atom is -0.394 e. The van der Waals surface area contributed by atoms with Gasteiger partial charge in [0.25, 0.3) is 0 Å². The van der Waals surface area contributed by atoms with Gasteiger partial charge in [-0.05, 0) is 24.1 Å². The minimum absolute atomic E-state index is 0.0114. The highest BCUT2D eigenvalue weighted by atomic mass is 16.5. The van der Waals surface area contributed by atoms with Gasteiger partial charge in [-0.2, -0.15) is 0 Å². The third-order valence-corrected chi connectivity index (χ3v) is 6.47. The molecular formula is C24H31N3O4. The van der Waals surface area contributed by atoms with Gasteiger partial charge in [0, 0.05) is 37.5 Å². The van der Waals surface area contributed by atoms with Gasteiger partial charge in [0.2, 0.25) is 11.8 Å². The first-order chi connectivity index (χ1) is 15.1. The van der Waals surface area contributed by atoms with Crippen molar-refractivity contribution >= 4 is 11.8 Å². The summed E-state index contributed by atoms with van der Waals surface area (Å²) < 4.78 is 5.35. The predicted octanol–water partition coefficient (Wildman–Crippen LogP) is 0.668. The average molecular weight is 426 g/mol. The molecule has 166 valence electrons. The molecule has 7 heteroatoms. The van der Waals surface area contributed by atoms with E-state index in [4.69, 9.17) is 4.74 Å². The minimum atomic E-state index is -0.231. The fourth-order valence-electron chi connectivity index (χ4n) is 4.82. The second-order valence-electron chi connectivity index (χ2n) is 8.48. The lowest BCUT2D eigenvalue weighted by Gasteiger charge is -2.58. The maximum atomic E-state index is 12.9. The number of morpholine rings is 1. The van der Waals surface area contributed by atoms with Crippen LogP contribution in [0, 0.1) is 11.8 Å². The Kier molecular flexibility index (Phi) is 6.91. The van der Waals surface area contributed by atoms with Crippen molar-refractivity contribution in [2.45, 2.75) is 37.8 Å². The summed E-state index contributed by atoms with van der Waals surface area (Å²) in [7, 11) is 0. The molecule has 3 fully saturated rings. The molecule has 0 aliphatic carbocycles. The molecule has 1 aromatic carbocycles. The van der Waals surface area contributed by atoms with E-state index in [1.54, 1.807) is 9.80 Å². The van der Waals surface area contributed by atoms with Crippen LogP contribution in [-0.2, 0) is 14.3 Å². The van der Waals surface area contributed by atoms with Crippen LogP contribution in [0.25, 0.3) is 0 Å².